The van der Waals surface area contributed by atoms with E-state index in [1.807, 2.05) is 33.8 Å². The van der Waals surface area contributed by atoms with Gasteiger partial charge in [0.1, 0.15) is 0 Å². The molecule has 2 unspecified atom stereocenters. The second kappa shape index (κ2) is 8.91. The van der Waals surface area contributed by atoms with Crippen molar-refractivity contribution in [2.75, 3.05) is 0 Å². The fourth-order valence-corrected chi connectivity index (χ4v) is 5.62. The molecule has 1 aromatic heterocycles. The summed E-state index contributed by atoms with van der Waals surface area (Å²) in [7, 11) is 0. The molecule has 3 rings (SSSR count). The maximum Gasteiger partial charge on any atom is 0.337 e. The van der Waals surface area contributed by atoms with Crippen molar-refractivity contribution in [2.45, 2.75) is 85.4 Å². The third-order valence-electron chi connectivity index (χ3n) is 6.10. The first-order chi connectivity index (χ1) is 14.4. The van der Waals surface area contributed by atoms with Crippen LogP contribution in [-0.4, -0.2) is 16.7 Å². The average Bonchev–Trinajstić information content (AvgIpc) is 3.02. The summed E-state index contributed by atoms with van der Waals surface area (Å²) in [6, 6.07) is 10.5. The summed E-state index contributed by atoms with van der Waals surface area (Å²) < 4.78 is 6.12. The molecule has 1 aromatic carbocycles. The van der Waals surface area contributed by atoms with Crippen molar-refractivity contribution in [3.05, 3.63) is 62.9 Å². The molecule has 31 heavy (non-hydrogen) atoms. The predicted octanol–water partition coefficient (Wildman–Crippen LogP) is 7.74. The van der Waals surface area contributed by atoms with Crippen LogP contribution in [0.25, 0.3) is 5.57 Å². The van der Waals surface area contributed by atoms with Crippen LogP contribution in [0.2, 0.25) is 0 Å². The topological polar surface area (TPSA) is 46.5 Å². The van der Waals surface area contributed by atoms with E-state index in [-0.39, 0.29) is 11.3 Å². The molecular weight excluding hydrogens is 404 g/mol. The molecule has 0 saturated heterocycles. The van der Waals surface area contributed by atoms with Gasteiger partial charge in [-0.1, -0.05) is 57.2 Å². The Balaban J connectivity index is 2.20. The van der Waals surface area contributed by atoms with E-state index < -0.39 is 17.7 Å². The molecule has 0 bridgehead atoms. The lowest BCUT2D eigenvalue weighted by Gasteiger charge is -2.31. The summed E-state index contributed by atoms with van der Waals surface area (Å²) in [4.78, 5) is 14.7. The Morgan fingerprint density at radius 3 is 2.35 bits per heavy atom. The molecule has 2 atom stereocenters. The van der Waals surface area contributed by atoms with Gasteiger partial charge in [-0.05, 0) is 69.1 Å². The molecule has 0 radical (unpaired) electrons. The van der Waals surface area contributed by atoms with Crippen LogP contribution in [0.4, 0.5) is 0 Å². The van der Waals surface area contributed by atoms with Crippen molar-refractivity contribution in [1.82, 2.24) is 0 Å². The average molecular weight is 441 g/mol. The molecule has 0 spiro atoms. The third-order valence-corrected chi connectivity index (χ3v) is 7.41. The molecule has 0 saturated carbocycles. The van der Waals surface area contributed by atoms with Crippen LogP contribution >= 0.6 is 11.3 Å². The van der Waals surface area contributed by atoms with Gasteiger partial charge in [0.05, 0.1) is 5.60 Å². The molecule has 2 aromatic rings. The van der Waals surface area contributed by atoms with Gasteiger partial charge in [-0.25, -0.2) is 4.79 Å². The number of carboxylic acid groups (broad SMARTS) is 1. The van der Waals surface area contributed by atoms with Crippen LogP contribution in [0.3, 0.4) is 0 Å². The van der Waals surface area contributed by atoms with Gasteiger partial charge in [0, 0.05) is 21.2 Å². The largest absolute Gasteiger partial charge is 0.479 e. The number of ether oxygens (including phenoxy) is 1. The standard InChI is InChI=1S/C27H36O3S/c1-17(19-11-9-8-10-12-19)24-22(20-13-15-27(6,7)16-14-20)21(18(2)31-24)23(25(28)29)30-26(3,4)5/h8-13,17,23H,14-16H2,1-7H3,(H,28,29). The highest BCUT2D eigenvalue weighted by atomic mass is 32.1. The van der Waals surface area contributed by atoms with Crippen LogP contribution in [0.1, 0.15) is 99.3 Å². The van der Waals surface area contributed by atoms with Crippen molar-refractivity contribution in [3.63, 3.8) is 0 Å². The Kier molecular flexibility index (Phi) is 6.83. The summed E-state index contributed by atoms with van der Waals surface area (Å²) in [5.74, 6) is -0.735. The lowest BCUT2D eigenvalue weighted by Crippen LogP contribution is -2.28. The van der Waals surface area contributed by atoms with Crippen LogP contribution in [0, 0.1) is 12.3 Å². The molecule has 3 nitrogen and oxygen atoms in total. The predicted molar refractivity (Wildman–Crippen MR) is 130 cm³/mol. The Hall–Kier alpha value is -1.91. The summed E-state index contributed by atoms with van der Waals surface area (Å²) in [5.41, 5.74) is 4.22. The highest BCUT2D eigenvalue weighted by Crippen LogP contribution is 2.48. The third kappa shape index (κ3) is 5.48. The van der Waals surface area contributed by atoms with Crippen molar-refractivity contribution in [3.8, 4) is 0 Å². The van der Waals surface area contributed by atoms with E-state index in [4.69, 9.17) is 4.74 Å². The number of carboxylic acids is 1. The van der Waals surface area contributed by atoms with Crippen molar-refractivity contribution >= 4 is 22.9 Å². The van der Waals surface area contributed by atoms with Crippen molar-refractivity contribution in [2.24, 2.45) is 5.41 Å². The maximum atomic E-state index is 12.4. The molecule has 1 N–H and O–H groups in total. The van der Waals surface area contributed by atoms with Crippen LogP contribution < -0.4 is 0 Å². The van der Waals surface area contributed by atoms with Gasteiger partial charge in [-0.15, -0.1) is 11.3 Å². The first-order valence-electron chi connectivity index (χ1n) is 11.2. The molecular formula is C27H36O3S. The molecule has 168 valence electrons. The molecule has 1 aliphatic rings. The minimum Gasteiger partial charge on any atom is -0.479 e. The van der Waals surface area contributed by atoms with Crippen LogP contribution in [-0.2, 0) is 9.53 Å². The summed E-state index contributed by atoms with van der Waals surface area (Å²) >= 11 is 1.73. The Morgan fingerprint density at radius 1 is 1.19 bits per heavy atom. The fraction of sp³-hybridized carbons (Fsp3) is 0.519. The number of thiophene rings is 1. The van der Waals surface area contributed by atoms with Crippen LogP contribution in [0.15, 0.2) is 36.4 Å². The lowest BCUT2D eigenvalue weighted by molar-refractivity contribution is -0.160. The number of hydrogen-bond donors (Lipinski definition) is 1. The van der Waals surface area contributed by atoms with Gasteiger partial charge < -0.3 is 9.84 Å². The molecule has 1 heterocycles. The normalized spacial score (nSPS) is 18.4. The highest BCUT2D eigenvalue weighted by molar-refractivity contribution is 7.12. The summed E-state index contributed by atoms with van der Waals surface area (Å²) in [5, 5.41) is 10.1. The minimum absolute atomic E-state index is 0.188. The molecule has 4 heteroatoms. The van der Waals surface area contributed by atoms with Gasteiger partial charge >= 0.3 is 5.97 Å². The lowest BCUT2D eigenvalue weighted by atomic mass is 9.75. The minimum atomic E-state index is -0.973. The van der Waals surface area contributed by atoms with Gasteiger partial charge in [-0.3, -0.25) is 0 Å². The van der Waals surface area contributed by atoms with Gasteiger partial charge in [0.2, 0.25) is 0 Å². The number of allylic oxidation sites excluding steroid dienone is 2. The first-order valence-corrected chi connectivity index (χ1v) is 12.0. The number of aryl methyl sites for hydroxylation is 1. The Labute approximate surface area is 191 Å². The number of hydrogen-bond acceptors (Lipinski definition) is 3. The number of rotatable bonds is 6. The van der Waals surface area contributed by atoms with E-state index in [0.717, 1.165) is 35.3 Å². The highest BCUT2D eigenvalue weighted by Gasteiger charge is 2.36. The monoisotopic (exact) mass is 440 g/mol. The van der Waals surface area contributed by atoms with E-state index in [2.05, 4.69) is 51.1 Å². The molecule has 0 fully saturated rings. The fourth-order valence-electron chi connectivity index (χ4n) is 4.31. The van der Waals surface area contributed by atoms with E-state index in [1.54, 1.807) is 11.3 Å². The van der Waals surface area contributed by atoms with Crippen molar-refractivity contribution < 1.29 is 14.6 Å². The molecule has 1 aliphatic carbocycles. The van der Waals surface area contributed by atoms with E-state index >= 15 is 0 Å². The number of aliphatic carboxylic acids is 1. The van der Waals surface area contributed by atoms with E-state index in [9.17, 15) is 9.90 Å². The summed E-state index contributed by atoms with van der Waals surface area (Å²) in [6.45, 7) is 14.6. The second-order valence-electron chi connectivity index (χ2n) is 10.5. The van der Waals surface area contributed by atoms with E-state index in [0.29, 0.717) is 0 Å². The number of carbonyl (C=O) groups is 1. The van der Waals surface area contributed by atoms with Gasteiger partial charge in [-0.2, -0.15) is 0 Å². The van der Waals surface area contributed by atoms with Crippen LogP contribution in [0.5, 0.6) is 0 Å². The summed E-state index contributed by atoms with van der Waals surface area (Å²) in [6.07, 6.45) is 4.44. The second-order valence-corrected chi connectivity index (χ2v) is 11.7. The molecule has 0 amide bonds. The zero-order chi connectivity index (χ0) is 23.0. The van der Waals surface area contributed by atoms with Gasteiger partial charge in [0.15, 0.2) is 6.10 Å². The van der Waals surface area contributed by atoms with Crippen molar-refractivity contribution in [1.29, 1.82) is 0 Å². The zero-order valence-corrected chi connectivity index (χ0v) is 20.7. The van der Waals surface area contributed by atoms with E-state index in [1.165, 1.54) is 16.0 Å². The number of benzene rings is 1. The smallest absolute Gasteiger partial charge is 0.337 e. The van der Waals surface area contributed by atoms with Gasteiger partial charge in [0.25, 0.3) is 0 Å². The SMILES string of the molecule is Cc1sc(C(C)c2ccccc2)c(C2=CCC(C)(C)CC2)c1C(OC(C)(C)C)C(=O)O. The zero-order valence-electron chi connectivity index (χ0n) is 19.9. The quantitative estimate of drug-likeness (QED) is 0.499. The Bertz CT molecular complexity index is 960. The molecule has 0 aliphatic heterocycles. The first kappa shape index (κ1) is 23.7. The Morgan fingerprint density at radius 2 is 1.84 bits per heavy atom. The maximum absolute atomic E-state index is 12.4.